The largest absolute Gasteiger partial charge is 0.494 e. The molecule has 2 heterocycles. The SMILES string of the molecule is COc1cccc(OC)c1-n1c(SCC(=O)O)nnc1-c1cccs1. The van der Waals surface area contributed by atoms with E-state index in [1.165, 1.54) is 11.3 Å². The molecule has 7 nitrogen and oxygen atoms in total. The predicted molar refractivity (Wildman–Crippen MR) is 96.1 cm³/mol. The molecule has 0 atom stereocenters. The van der Waals surface area contributed by atoms with Crippen molar-refractivity contribution >= 4 is 29.1 Å². The topological polar surface area (TPSA) is 86.5 Å². The molecule has 0 bridgehead atoms. The average molecular weight is 377 g/mol. The smallest absolute Gasteiger partial charge is 0.313 e. The number of carboxylic acids is 1. The van der Waals surface area contributed by atoms with Gasteiger partial charge in [-0.3, -0.25) is 9.36 Å². The second-order valence-corrected chi connectivity index (χ2v) is 6.70. The Morgan fingerprint density at radius 1 is 1.20 bits per heavy atom. The fraction of sp³-hybridized carbons (Fsp3) is 0.188. The Balaban J connectivity index is 2.23. The van der Waals surface area contributed by atoms with Crippen LogP contribution in [-0.4, -0.2) is 45.8 Å². The molecular formula is C16H15N3O4S2. The average Bonchev–Trinajstić information content (AvgIpc) is 3.28. The third kappa shape index (κ3) is 3.47. The van der Waals surface area contributed by atoms with Gasteiger partial charge in [0.2, 0.25) is 0 Å². The van der Waals surface area contributed by atoms with Gasteiger partial charge in [-0.25, -0.2) is 0 Å². The fourth-order valence-electron chi connectivity index (χ4n) is 2.31. The number of thiophene rings is 1. The zero-order chi connectivity index (χ0) is 17.8. The number of aliphatic carboxylic acids is 1. The Morgan fingerprint density at radius 3 is 2.48 bits per heavy atom. The van der Waals surface area contributed by atoms with Crippen LogP contribution in [0.3, 0.4) is 0 Å². The Labute approximate surface area is 152 Å². The number of thioether (sulfide) groups is 1. The van der Waals surface area contributed by atoms with E-state index in [0.29, 0.717) is 28.2 Å². The van der Waals surface area contributed by atoms with E-state index in [9.17, 15) is 4.79 Å². The molecule has 0 fully saturated rings. The summed E-state index contributed by atoms with van der Waals surface area (Å²) in [6.45, 7) is 0. The second kappa shape index (κ2) is 7.58. The van der Waals surface area contributed by atoms with Crippen LogP contribution in [0.15, 0.2) is 40.9 Å². The molecule has 0 amide bonds. The minimum Gasteiger partial charge on any atom is -0.494 e. The normalized spacial score (nSPS) is 10.6. The van der Waals surface area contributed by atoms with Crippen molar-refractivity contribution in [3.05, 3.63) is 35.7 Å². The Bertz CT molecular complexity index is 855. The minimum absolute atomic E-state index is 0.125. The number of carbonyl (C=O) groups is 1. The van der Waals surface area contributed by atoms with E-state index in [0.717, 1.165) is 16.6 Å². The molecule has 3 rings (SSSR count). The van der Waals surface area contributed by atoms with E-state index in [1.54, 1.807) is 18.8 Å². The maximum Gasteiger partial charge on any atom is 0.313 e. The number of rotatable bonds is 7. The van der Waals surface area contributed by atoms with Crippen LogP contribution in [0.4, 0.5) is 0 Å². The van der Waals surface area contributed by atoms with Gasteiger partial charge in [0.05, 0.1) is 24.8 Å². The first-order chi connectivity index (χ1) is 12.2. The molecule has 130 valence electrons. The van der Waals surface area contributed by atoms with E-state index < -0.39 is 5.97 Å². The van der Waals surface area contributed by atoms with Crippen LogP contribution in [0.25, 0.3) is 16.4 Å². The molecule has 3 aromatic rings. The summed E-state index contributed by atoms with van der Waals surface area (Å²) < 4.78 is 12.7. The van der Waals surface area contributed by atoms with Gasteiger partial charge < -0.3 is 14.6 Å². The van der Waals surface area contributed by atoms with Crippen molar-refractivity contribution in [1.29, 1.82) is 0 Å². The van der Waals surface area contributed by atoms with Crippen LogP contribution in [0.5, 0.6) is 11.5 Å². The lowest BCUT2D eigenvalue weighted by Crippen LogP contribution is -2.06. The third-order valence-electron chi connectivity index (χ3n) is 3.33. The van der Waals surface area contributed by atoms with Crippen molar-refractivity contribution < 1.29 is 19.4 Å². The molecule has 0 unspecified atom stereocenters. The summed E-state index contributed by atoms with van der Waals surface area (Å²) in [5.41, 5.74) is 0.633. The van der Waals surface area contributed by atoms with Gasteiger partial charge in [-0.15, -0.1) is 21.5 Å². The highest BCUT2D eigenvalue weighted by molar-refractivity contribution is 7.99. The monoisotopic (exact) mass is 377 g/mol. The van der Waals surface area contributed by atoms with Crippen LogP contribution in [0, 0.1) is 0 Å². The van der Waals surface area contributed by atoms with E-state index in [4.69, 9.17) is 14.6 Å². The molecule has 0 aliphatic heterocycles. The Kier molecular flexibility index (Phi) is 5.25. The molecule has 0 saturated carbocycles. The zero-order valence-corrected chi connectivity index (χ0v) is 15.1. The molecule has 1 N–H and O–H groups in total. The first kappa shape index (κ1) is 17.3. The molecule has 0 saturated heterocycles. The van der Waals surface area contributed by atoms with E-state index in [1.807, 2.05) is 35.7 Å². The minimum atomic E-state index is -0.927. The van der Waals surface area contributed by atoms with E-state index in [2.05, 4.69) is 10.2 Å². The Morgan fingerprint density at radius 2 is 1.92 bits per heavy atom. The highest BCUT2D eigenvalue weighted by Gasteiger charge is 2.23. The quantitative estimate of drug-likeness (QED) is 0.633. The van der Waals surface area contributed by atoms with Crippen LogP contribution < -0.4 is 9.47 Å². The van der Waals surface area contributed by atoms with Gasteiger partial charge in [-0.05, 0) is 23.6 Å². The van der Waals surface area contributed by atoms with Gasteiger partial charge in [0, 0.05) is 0 Å². The van der Waals surface area contributed by atoms with Crippen LogP contribution in [-0.2, 0) is 4.79 Å². The van der Waals surface area contributed by atoms with Crippen molar-refractivity contribution in [1.82, 2.24) is 14.8 Å². The first-order valence-electron chi connectivity index (χ1n) is 7.21. The fourth-order valence-corrected chi connectivity index (χ4v) is 3.67. The lowest BCUT2D eigenvalue weighted by Gasteiger charge is -2.16. The van der Waals surface area contributed by atoms with Gasteiger partial charge in [-0.2, -0.15) is 0 Å². The van der Waals surface area contributed by atoms with Crippen molar-refractivity contribution in [2.75, 3.05) is 20.0 Å². The molecule has 25 heavy (non-hydrogen) atoms. The van der Waals surface area contributed by atoms with Crippen molar-refractivity contribution in [3.63, 3.8) is 0 Å². The summed E-state index contributed by atoms with van der Waals surface area (Å²) in [6, 6.07) is 9.28. The highest BCUT2D eigenvalue weighted by atomic mass is 32.2. The van der Waals surface area contributed by atoms with E-state index >= 15 is 0 Å². The third-order valence-corrected chi connectivity index (χ3v) is 5.10. The molecular weight excluding hydrogens is 362 g/mol. The number of methoxy groups -OCH3 is 2. The summed E-state index contributed by atoms with van der Waals surface area (Å²) >= 11 is 2.61. The maximum atomic E-state index is 11.0. The van der Waals surface area contributed by atoms with Gasteiger partial charge in [0.15, 0.2) is 11.0 Å². The van der Waals surface area contributed by atoms with Gasteiger partial charge in [0.25, 0.3) is 0 Å². The number of hydrogen-bond donors (Lipinski definition) is 1. The molecule has 0 aliphatic rings. The number of para-hydroxylation sites is 1. The summed E-state index contributed by atoms with van der Waals surface area (Å²) in [4.78, 5) is 11.9. The van der Waals surface area contributed by atoms with Gasteiger partial charge in [0.1, 0.15) is 17.2 Å². The lowest BCUT2D eigenvalue weighted by molar-refractivity contribution is -0.133. The molecule has 0 radical (unpaired) electrons. The van der Waals surface area contributed by atoms with E-state index in [-0.39, 0.29) is 5.75 Å². The molecule has 1 aromatic carbocycles. The first-order valence-corrected chi connectivity index (χ1v) is 9.07. The lowest BCUT2D eigenvalue weighted by atomic mass is 10.2. The number of aromatic nitrogens is 3. The number of hydrogen-bond acceptors (Lipinski definition) is 7. The van der Waals surface area contributed by atoms with Crippen molar-refractivity contribution in [3.8, 4) is 27.9 Å². The molecule has 9 heteroatoms. The molecule has 0 aliphatic carbocycles. The molecule has 2 aromatic heterocycles. The summed E-state index contributed by atoms with van der Waals surface area (Å²) in [7, 11) is 3.13. The number of carboxylic acid groups (broad SMARTS) is 1. The summed E-state index contributed by atoms with van der Waals surface area (Å²) in [6.07, 6.45) is 0. The predicted octanol–water partition coefficient (Wildman–Crippen LogP) is 3.19. The Hall–Kier alpha value is -2.52. The second-order valence-electron chi connectivity index (χ2n) is 4.81. The summed E-state index contributed by atoms with van der Waals surface area (Å²) in [5, 5.41) is 19.8. The van der Waals surface area contributed by atoms with Crippen molar-refractivity contribution in [2.45, 2.75) is 5.16 Å². The van der Waals surface area contributed by atoms with Crippen LogP contribution >= 0.6 is 23.1 Å². The van der Waals surface area contributed by atoms with Crippen molar-refractivity contribution in [2.24, 2.45) is 0 Å². The summed E-state index contributed by atoms with van der Waals surface area (Å²) in [5.74, 6) is 0.707. The molecule has 0 spiro atoms. The van der Waals surface area contributed by atoms with Crippen LogP contribution in [0.2, 0.25) is 0 Å². The van der Waals surface area contributed by atoms with Gasteiger partial charge >= 0.3 is 5.97 Å². The maximum absolute atomic E-state index is 11.0. The highest BCUT2D eigenvalue weighted by Crippen LogP contribution is 2.39. The number of benzene rings is 1. The standard InChI is InChI=1S/C16H15N3O4S2/c1-22-10-5-3-6-11(23-2)14(10)19-15(12-7-4-8-24-12)17-18-16(19)25-9-13(20)21/h3-8H,9H2,1-2H3,(H,20,21). The van der Waals surface area contributed by atoms with Crippen LogP contribution in [0.1, 0.15) is 0 Å². The number of ether oxygens (including phenoxy) is 2. The zero-order valence-electron chi connectivity index (χ0n) is 13.5. The number of nitrogens with zero attached hydrogens (tertiary/aromatic N) is 3. The van der Waals surface area contributed by atoms with Gasteiger partial charge in [-0.1, -0.05) is 23.9 Å².